The number of anilines is 2. The number of piperazine rings is 2. The van der Waals surface area contributed by atoms with Gasteiger partial charge in [-0.05, 0) is 71.5 Å². The quantitative estimate of drug-likeness (QED) is 0.149. The van der Waals surface area contributed by atoms with Gasteiger partial charge in [-0.2, -0.15) is 0 Å². The van der Waals surface area contributed by atoms with Crippen LogP contribution in [0.15, 0.2) is 117 Å². The molecule has 23 heteroatoms. The van der Waals surface area contributed by atoms with Gasteiger partial charge < -0.3 is 30.2 Å². The van der Waals surface area contributed by atoms with E-state index in [2.05, 4.69) is 79.6 Å². The number of halogens is 1. The average molecular weight is 1200 g/mol. The molecular formula is C58H63BrN14O6S2. The highest BCUT2D eigenvalue weighted by molar-refractivity contribution is 9.08. The van der Waals surface area contributed by atoms with Crippen LogP contribution in [-0.2, 0) is 58.2 Å². The fourth-order valence-corrected chi connectivity index (χ4v) is 13.4. The Morgan fingerprint density at radius 1 is 0.617 bits per heavy atom. The number of nitrogens with one attached hydrogen (secondary N) is 3. The molecule has 3 N–H and O–H groups in total. The summed E-state index contributed by atoms with van der Waals surface area (Å²) >= 11 is 6.63. The van der Waals surface area contributed by atoms with E-state index in [-0.39, 0.29) is 46.8 Å². The predicted molar refractivity (Wildman–Crippen MR) is 321 cm³/mol. The van der Waals surface area contributed by atoms with Crippen molar-refractivity contribution in [2.75, 3.05) is 60.6 Å². The number of H-pyrrole nitrogens is 1. The van der Waals surface area contributed by atoms with Crippen molar-refractivity contribution in [1.82, 2.24) is 59.5 Å². The Hall–Kier alpha value is -7.76. The zero-order valence-corrected chi connectivity index (χ0v) is 49.2. The number of alkyl halides is 1. The van der Waals surface area contributed by atoms with E-state index in [9.17, 15) is 28.8 Å². The zero-order chi connectivity index (χ0) is 57.1. The topological polar surface area (TPSA) is 222 Å². The van der Waals surface area contributed by atoms with Crippen LogP contribution >= 0.6 is 39.5 Å². The minimum atomic E-state index is -0.0570. The number of hydrogen-bond donors (Lipinski definition) is 3. The van der Waals surface area contributed by atoms with E-state index >= 15 is 0 Å². The number of nitrogens with zero attached hydrogens (tertiary/aromatic N) is 11. The minimum Gasteiger partial charge on any atom is -0.351 e. The van der Waals surface area contributed by atoms with Gasteiger partial charge in [0.25, 0.3) is 11.1 Å². The van der Waals surface area contributed by atoms with Gasteiger partial charge in [-0.1, -0.05) is 64.5 Å². The Labute approximate surface area is 484 Å². The van der Waals surface area contributed by atoms with Crippen molar-refractivity contribution in [3.05, 3.63) is 141 Å². The van der Waals surface area contributed by atoms with Gasteiger partial charge in [0.15, 0.2) is 0 Å². The summed E-state index contributed by atoms with van der Waals surface area (Å²) < 4.78 is 5.11. The van der Waals surface area contributed by atoms with Crippen molar-refractivity contribution >= 4 is 96.8 Å². The van der Waals surface area contributed by atoms with E-state index in [0.29, 0.717) is 80.0 Å². The number of benzene rings is 4. The molecule has 4 aliphatic heterocycles. The summed E-state index contributed by atoms with van der Waals surface area (Å²) in [6, 6.07) is 24.0. The van der Waals surface area contributed by atoms with Crippen LogP contribution in [-0.4, -0.2) is 135 Å². The van der Waals surface area contributed by atoms with Gasteiger partial charge in [-0.15, -0.1) is 23.5 Å². The lowest BCUT2D eigenvalue weighted by molar-refractivity contribution is -0.132. The lowest BCUT2D eigenvalue weighted by Crippen LogP contribution is -2.53. The lowest BCUT2D eigenvalue weighted by Gasteiger charge is -2.39. The van der Waals surface area contributed by atoms with E-state index in [1.807, 2.05) is 95.3 Å². The molecule has 0 unspecified atom stereocenters. The number of fused-ring (bicyclic) bond motifs is 4. The molecule has 12 rings (SSSR count). The van der Waals surface area contributed by atoms with E-state index in [0.717, 1.165) is 67.7 Å². The first-order valence-electron chi connectivity index (χ1n) is 26.7. The van der Waals surface area contributed by atoms with Crippen LogP contribution < -0.4 is 31.6 Å². The molecule has 4 aliphatic rings. The van der Waals surface area contributed by atoms with Crippen molar-refractivity contribution in [1.29, 1.82) is 0 Å². The van der Waals surface area contributed by atoms with E-state index in [1.54, 1.807) is 68.5 Å². The molecule has 0 radical (unpaired) electrons. The van der Waals surface area contributed by atoms with E-state index in [4.69, 9.17) is 0 Å². The van der Waals surface area contributed by atoms with Crippen LogP contribution in [0.4, 0.5) is 11.9 Å². The SMILES string of the molecule is CC(=O)N1CCN(c2ncc(-c3ccc4c(=O)n(C)[nH]c4c3)cn2)C[C@H]1C.CC(=O)N1CCN(c2ncc(-c3ccc4c(=O)n(C)n(Cc5cccc6c5SCC(=O)NC6)c4c3)cn2)C[C@H]1C.O=C1CSc2c(CBr)cccc2CN1. The van der Waals surface area contributed by atoms with E-state index in [1.165, 1.54) is 20.7 Å². The number of hydrogen-bond acceptors (Lipinski definition) is 14. The summed E-state index contributed by atoms with van der Waals surface area (Å²) in [6.07, 6.45) is 7.22. The maximum atomic E-state index is 13.1. The molecule has 2 atom stereocenters. The summed E-state index contributed by atoms with van der Waals surface area (Å²) in [5.74, 6) is 2.55. The highest BCUT2D eigenvalue weighted by atomic mass is 79.9. The molecule has 0 saturated carbocycles. The van der Waals surface area contributed by atoms with Crippen LogP contribution in [0.5, 0.6) is 0 Å². The van der Waals surface area contributed by atoms with Crippen molar-refractivity contribution in [2.24, 2.45) is 14.1 Å². The molecule has 20 nitrogen and oxygen atoms in total. The minimum absolute atomic E-state index is 0.0247. The summed E-state index contributed by atoms with van der Waals surface area (Å²) in [5, 5.41) is 11.0. The van der Waals surface area contributed by atoms with Gasteiger partial charge in [0, 0.05) is 143 Å². The monoisotopic (exact) mass is 1190 g/mol. The van der Waals surface area contributed by atoms with Crippen molar-refractivity contribution in [3.63, 3.8) is 0 Å². The summed E-state index contributed by atoms with van der Waals surface area (Å²) in [5.41, 5.74) is 9.79. The first-order valence-corrected chi connectivity index (χ1v) is 29.8. The highest BCUT2D eigenvalue weighted by Crippen LogP contribution is 2.33. The standard InChI is InChI=1S/C29H31N7O3S.C19H22N6O2.C10H10BrNOS/c1-18-15-34(9-10-35(18)19(2)37)29-31-13-23(14-32-29)20-7-8-24-25(11-20)36(33(3)28(24)39)16-22-6-4-5-21-12-30-26(38)17-40-27(21)22;1-12-11-24(6-7-25(12)13(2)26)19-20-9-15(10-21-19)14-4-5-16-17(8-14)22-23(3)18(16)27;11-4-7-2-1-3-8-5-12-9(13)6-14-10(7)8/h4-8,11,13-14,18H,9-10,12,15-17H2,1-3H3,(H,30,38);4-5,8-10,12,22H,6-7,11H2,1-3H3;1-3H,4-6H2,(H,12,13)/t18-;12-;/m11./s1. The van der Waals surface area contributed by atoms with Crippen LogP contribution in [0, 0.1) is 0 Å². The highest BCUT2D eigenvalue weighted by Gasteiger charge is 2.29. The molecule has 2 saturated heterocycles. The number of carbonyl (C=O) groups is 4. The first-order chi connectivity index (χ1) is 39.0. The maximum Gasteiger partial charge on any atom is 0.274 e. The first kappa shape index (κ1) is 56.5. The largest absolute Gasteiger partial charge is 0.351 e. The predicted octanol–water partition coefficient (Wildman–Crippen LogP) is 6.31. The van der Waals surface area contributed by atoms with Gasteiger partial charge in [-0.25, -0.2) is 19.9 Å². The second-order valence-electron chi connectivity index (χ2n) is 20.5. The number of aromatic amines is 1. The third-order valence-electron chi connectivity index (χ3n) is 15.0. The van der Waals surface area contributed by atoms with Gasteiger partial charge in [-0.3, -0.25) is 47.9 Å². The summed E-state index contributed by atoms with van der Waals surface area (Å²) in [6.45, 7) is 13.1. The molecule has 0 spiro atoms. The maximum absolute atomic E-state index is 13.1. The third kappa shape index (κ3) is 12.3. The molecule has 8 aromatic rings. The lowest BCUT2D eigenvalue weighted by atomic mass is 10.1. The fraction of sp³-hybridized carbons (Fsp3) is 0.345. The Morgan fingerprint density at radius 2 is 1.11 bits per heavy atom. The van der Waals surface area contributed by atoms with Crippen LogP contribution in [0.3, 0.4) is 0 Å². The Balaban J connectivity index is 0.000000154. The molecule has 81 heavy (non-hydrogen) atoms. The van der Waals surface area contributed by atoms with Crippen LogP contribution in [0.1, 0.15) is 49.9 Å². The van der Waals surface area contributed by atoms with Gasteiger partial charge in [0.1, 0.15) is 0 Å². The number of amides is 4. The zero-order valence-electron chi connectivity index (χ0n) is 45.9. The number of thioether (sulfide) groups is 2. The molecular weight excluding hydrogens is 1130 g/mol. The van der Waals surface area contributed by atoms with Gasteiger partial charge in [0.05, 0.1) is 39.9 Å². The Kier molecular flexibility index (Phi) is 17.1. The normalized spacial score (nSPS) is 17.2. The molecule has 420 valence electrons. The summed E-state index contributed by atoms with van der Waals surface area (Å²) in [7, 11) is 3.49. The number of aryl methyl sites for hydroxylation is 1. The molecule has 0 aliphatic carbocycles. The number of carbonyl (C=O) groups excluding carboxylic acids is 4. The fourth-order valence-electron chi connectivity index (χ4n) is 10.7. The van der Waals surface area contributed by atoms with Gasteiger partial charge in [0.2, 0.25) is 35.5 Å². The second kappa shape index (κ2) is 24.5. The van der Waals surface area contributed by atoms with Crippen molar-refractivity contribution in [2.45, 2.75) is 74.5 Å². The van der Waals surface area contributed by atoms with Crippen LogP contribution in [0.25, 0.3) is 44.1 Å². The average Bonchev–Trinajstić information content (AvgIpc) is 3.98. The molecule has 8 heterocycles. The molecule has 4 amide bonds. The number of rotatable bonds is 7. The molecule has 2 fully saturated rings. The third-order valence-corrected chi connectivity index (χ3v) is 18.1. The Morgan fingerprint density at radius 3 is 1.62 bits per heavy atom. The molecule has 0 bridgehead atoms. The van der Waals surface area contributed by atoms with Crippen LogP contribution in [0.2, 0.25) is 0 Å². The second-order valence-corrected chi connectivity index (χ2v) is 23.0. The molecule has 4 aromatic heterocycles. The van der Waals surface area contributed by atoms with E-state index < -0.39 is 0 Å². The smallest absolute Gasteiger partial charge is 0.274 e. The van der Waals surface area contributed by atoms with Crippen molar-refractivity contribution < 1.29 is 19.2 Å². The number of aromatic nitrogens is 8. The molecule has 4 aromatic carbocycles. The van der Waals surface area contributed by atoms with Gasteiger partial charge >= 0.3 is 0 Å². The Bertz CT molecular complexity index is 3810. The van der Waals surface area contributed by atoms with Crippen molar-refractivity contribution in [3.8, 4) is 22.3 Å². The summed E-state index contributed by atoms with van der Waals surface area (Å²) in [4.78, 5) is 100.